The summed E-state index contributed by atoms with van der Waals surface area (Å²) in [6.07, 6.45) is 1.85. The van der Waals surface area contributed by atoms with Gasteiger partial charge in [-0.15, -0.1) is 11.3 Å². The predicted octanol–water partition coefficient (Wildman–Crippen LogP) is 2.63. The van der Waals surface area contributed by atoms with E-state index in [0.717, 1.165) is 15.2 Å². The van der Waals surface area contributed by atoms with E-state index in [9.17, 15) is 4.79 Å². The fourth-order valence-electron chi connectivity index (χ4n) is 2.34. The van der Waals surface area contributed by atoms with Crippen LogP contribution in [0.25, 0.3) is 10.2 Å². The molecule has 2 heterocycles. The van der Waals surface area contributed by atoms with Crippen LogP contribution in [0, 0.1) is 6.92 Å². The second kappa shape index (κ2) is 7.62. The van der Waals surface area contributed by atoms with Gasteiger partial charge in [0.2, 0.25) is 5.89 Å². The Bertz CT molecular complexity index is 874. The van der Waals surface area contributed by atoms with E-state index in [4.69, 9.17) is 14.3 Å². The van der Waals surface area contributed by atoms with Crippen molar-refractivity contribution in [3.05, 3.63) is 41.1 Å². The van der Waals surface area contributed by atoms with Crippen molar-refractivity contribution in [1.82, 2.24) is 14.9 Å². The molecule has 132 valence electrons. The molecule has 0 bridgehead atoms. The van der Waals surface area contributed by atoms with Gasteiger partial charge in [-0.25, -0.2) is 9.97 Å². The molecular formula is C17H19N3O4S. The topological polar surface area (TPSA) is 88.7 Å². The third-order valence-electron chi connectivity index (χ3n) is 3.60. The van der Waals surface area contributed by atoms with E-state index in [2.05, 4.69) is 9.97 Å². The maximum Gasteiger partial charge on any atom is 0.275 e. The smallest absolute Gasteiger partial charge is 0.275 e. The van der Waals surface area contributed by atoms with Gasteiger partial charge in [0.25, 0.3) is 5.91 Å². The Morgan fingerprint density at radius 1 is 1.40 bits per heavy atom. The lowest BCUT2D eigenvalue weighted by molar-refractivity contribution is 0.0780. The molecule has 0 aliphatic carbocycles. The molecule has 2 aromatic heterocycles. The Morgan fingerprint density at radius 3 is 3.04 bits per heavy atom. The molecule has 7 nitrogen and oxygen atoms in total. The van der Waals surface area contributed by atoms with Crippen LogP contribution in [0.2, 0.25) is 0 Å². The Kier molecular flexibility index (Phi) is 5.30. The van der Waals surface area contributed by atoms with Crippen LogP contribution in [0.15, 0.2) is 28.9 Å². The number of hydrogen-bond acceptors (Lipinski definition) is 7. The quantitative estimate of drug-likeness (QED) is 0.696. The molecule has 3 aromatic rings. The molecule has 0 unspecified atom stereocenters. The largest absolute Gasteiger partial charge is 0.484 e. The number of aromatic nitrogens is 2. The number of fused-ring (bicyclic) bond motifs is 1. The summed E-state index contributed by atoms with van der Waals surface area (Å²) in [4.78, 5) is 22.3. The number of nitrogens with zero attached hydrogens (tertiary/aromatic N) is 3. The molecule has 3 rings (SSSR count). The van der Waals surface area contributed by atoms with Crippen LogP contribution in [0.3, 0.4) is 0 Å². The Morgan fingerprint density at radius 2 is 2.24 bits per heavy atom. The van der Waals surface area contributed by atoms with Gasteiger partial charge in [0.05, 0.1) is 15.2 Å². The van der Waals surface area contributed by atoms with Gasteiger partial charge in [0.15, 0.2) is 12.3 Å². The molecule has 0 aliphatic heterocycles. The molecule has 0 spiro atoms. The summed E-state index contributed by atoms with van der Waals surface area (Å²) >= 11 is 1.63. The fourth-order valence-corrected chi connectivity index (χ4v) is 3.15. The highest BCUT2D eigenvalue weighted by molar-refractivity contribution is 7.18. The first-order chi connectivity index (χ1) is 12.1. The summed E-state index contributed by atoms with van der Waals surface area (Å²) in [7, 11) is 1.66. The van der Waals surface area contributed by atoms with Gasteiger partial charge < -0.3 is 19.2 Å². The van der Waals surface area contributed by atoms with Gasteiger partial charge in [-0.3, -0.25) is 4.79 Å². The van der Waals surface area contributed by atoms with E-state index in [1.54, 1.807) is 18.4 Å². The number of carbonyl (C=O) groups excluding carboxylic acids is 1. The highest BCUT2D eigenvalue weighted by Gasteiger charge is 2.16. The fraction of sp³-hybridized carbons (Fsp3) is 0.353. The van der Waals surface area contributed by atoms with Crippen LogP contribution in [0.5, 0.6) is 5.75 Å². The first kappa shape index (κ1) is 17.4. The van der Waals surface area contributed by atoms with Crippen molar-refractivity contribution in [3.63, 3.8) is 0 Å². The van der Waals surface area contributed by atoms with Crippen LogP contribution in [0.1, 0.15) is 27.8 Å². The average molecular weight is 361 g/mol. The zero-order chi connectivity index (χ0) is 17.8. The van der Waals surface area contributed by atoms with Crippen LogP contribution >= 0.6 is 11.3 Å². The van der Waals surface area contributed by atoms with Gasteiger partial charge in [-0.1, -0.05) is 0 Å². The number of aliphatic hydroxyl groups excluding tert-OH is 1. The summed E-state index contributed by atoms with van der Waals surface area (Å²) in [5.74, 6) is 0.750. The van der Waals surface area contributed by atoms with E-state index < -0.39 is 0 Å². The molecule has 0 radical (unpaired) electrons. The molecule has 0 fully saturated rings. The Labute approximate surface area is 148 Å². The molecule has 25 heavy (non-hydrogen) atoms. The van der Waals surface area contributed by atoms with Gasteiger partial charge in [-0.2, -0.15) is 0 Å². The molecule has 8 heteroatoms. The normalized spacial score (nSPS) is 11.0. The standard InChI is InChI=1S/C17H19N3O4S/c1-11-18-13-8-12(4-5-15(13)25-11)23-10-16-19-14(9-24-16)17(22)20(2)6-3-7-21/h4-5,8-9,21H,3,6-7,10H2,1-2H3. The van der Waals surface area contributed by atoms with E-state index >= 15 is 0 Å². The minimum atomic E-state index is -0.247. The van der Waals surface area contributed by atoms with E-state index in [-0.39, 0.29) is 24.8 Å². The summed E-state index contributed by atoms with van der Waals surface area (Å²) in [5, 5.41) is 9.83. The van der Waals surface area contributed by atoms with Gasteiger partial charge in [-0.05, 0) is 25.5 Å². The zero-order valence-corrected chi connectivity index (χ0v) is 14.9. The summed E-state index contributed by atoms with van der Waals surface area (Å²) in [6.45, 7) is 2.59. The van der Waals surface area contributed by atoms with E-state index in [0.29, 0.717) is 24.6 Å². The number of ether oxygens (including phenoxy) is 1. The highest BCUT2D eigenvalue weighted by Crippen LogP contribution is 2.25. The van der Waals surface area contributed by atoms with Crippen molar-refractivity contribution < 1.29 is 19.1 Å². The van der Waals surface area contributed by atoms with Crippen molar-refractivity contribution in [3.8, 4) is 5.75 Å². The van der Waals surface area contributed by atoms with Crippen molar-refractivity contribution in [2.75, 3.05) is 20.2 Å². The lowest BCUT2D eigenvalue weighted by atomic mass is 10.3. The molecule has 1 N–H and O–H groups in total. The summed E-state index contributed by atoms with van der Waals surface area (Å²) in [5.41, 5.74) is 1.12. The van der Waals surface area contributed by atoms with Gasteiger partial charge in [0, 0.05) is 26.3 Å². The minimum Gasteiger partial charge on any atom is -0.484 e. The maximum absolute atomic E-state index is 12.2. The van der Waals surface area contributed by atoms with Crippen LogP contribution in [-0.2, 0) is 6.61 Å². The average Bonchev–Trinajstić information content (AvgIpc) is 3.22. The third kappa shape index (κ3) is 4.15. The molecule has 0 saturated heterocycles. The van der Waals surface area contributed by atoms with Crippen LogP contribution < -0.4 is 4.74 Å². The molecule has 1 aromatic carbocycles. The minimum absolute atomic E-state index is 0.0401. The summed E-state index contributed by atoms with van der Waals surface area (Å²) < 4.78 is 12.1. The highest BCUT2D eigenvalue weighted by atomic mass is 32.1. The Hall–Kier alpha value is -2.45. The number of aryl methyl sites for hydroxylation is 1. The van der Waals surface area contributed by atoms with Crippen molar-refractivity contribution in [2.45, 2.75) is 20.0 Å². The molecule has 0 saturated carbocycles. The third-order valence-corrected chi connectivity index (χ3v) is 4.55. The van der Waals surface area contributed by atoms with E-state index in [1.807, 2.05) is 25.1 Å². The molecule has 1 amide bonds. The summed E-state index contributed by atoms with van der Waals surface area (Å²) in [6, 6.07) is 5.71. The number of rotatable bonds is 7. The maximum atomic E-state index is 12.2. The van der Waals surface area contributed by atoms with Crippen molar-refractivity contribution >= 4 is 27.5 Å². The molecule has 0 atom stereocenters. The number of hydrogen-bond donors (Lipinski definition) is 1. The molecule has 0 aliphatic rings. The first-order valence-corrected chi connectivity index (χ1v) is 8.69. The predicted molar refractivity (Wildman–Crippen MR) is 93.9 cm³/mol. The van der Waals surface area contributed by atoms with Gasteiger partial charge in [0.1, 0.15) is 12.0 Å². The lowest BCUT2D eigenvalue weighted by Crippen LogP contribution is -2.28. The van der Waals surface area contributed by atoms with E-state index in [1.165, 1.54) is 11.2 Å². The monoisotopic (exact) mass is 361 g/mol. The number of aliphatic hydroxyl groups is 1. The van der Waals surface area contributed by atoms with Crippen molar-refractivity contribution in [1.29, 1.82) is 0 Å². The molecular weight excluding hydrogens is 342 g/mol. The van der Waals surface area contributed by atoms with Gasteiger partial charge >= 0.3 is 0 Å². The number of carbonyl (C=O) groups is 1. The Balaban J connectivity index is 1.61. The van der Waals surface area contributed by atoms with Crippen LogP contribution in [0.4, 0.5) is 0 Å². The number of benzene rings is 1. The number of amides is 1. The second-order valence-electron chi connectivity index (χ2n) is 5.58. The van der Waals surface area contributed by atoms with Crippen LogP contribution in [-0.4, -0.2) is 46.1 Å². The lowest BCUT2D eigenvalue weighted by Gasteiger charge is -2.14. The zero-order valence-electron chi connectivity index (χ0n) is 14.1. The SMILES string of the molecule is Cc1nc2cc(OCc3nc(C(=O)N(C)CCCO)co3)ccc2s1. The van der Waals surface area contributed by atoms with Crippen molar-refractivity contribution in [2.24, 2.45) is 0 Å². The number of thiazole rings is 1. The first-order valence-electron chi connectivity index (χ1n) is 7.87. The number of oxazole rings is 1. The second-order valence-corrected chi connectivity index (χ2v) is 6.82.